The molecule has 1 nitrogen and oxygen atoms in total. The van der Waals surface area contributed by atoms with Crippen molar-refractivity contribution in [3.05, 3.63) is 34.3 Å². The molecule has 0 radical (unpaired) electrons. The summed E-state index contributed by atoms with van der Waals surface area (Å²) in [5.74, 6) is 0.743. The molecule has 2 rings (SSSR count). The summed E-state index contributed by atoms with van der Waals surface area (Å²) >= 11 is 5.57. The first-order valence-electron chi connectivity index (χ1n) is 6.21. The summed E-state index contributed by atoms with van der Waals surface area (Å²) in [6, 6.07) is 9.34. The molecule has 0 spiro atoms. The fraction of sp³-hybridized carbons (Fsp3) is 0.571. The van der Waals surface area contributed by atoms with Crippen LogP contribution in [0.3, 0.4) is 0 Å². The van der Waals surface area contributed by atoms with Gasteiger partial charge in [0.25, 0.3) is 0 Å². The average Bonchev–Trinajstić information content (AvgIpc) is 2.28. The van der Waals surface area contributed by atoms with Crippen LogP contribution < -0.4 is 5.32 Å². The minimum absolute atomic E-state index is 0.720. The Morgan fingerprint density at radius 2 is 2.12 bits per heavy atom. The topological polar surface area (TPSA) is 12.0 Å². The van der Waals surface area contributed by atoms with E-state index < -0.39 is 0 Å². The van der Waals surface area contributed by atoms with E-state index >= 15 is 0 Å². The van der Waals surface area contributed by atoms with Crippen LogP contribution in [0.15, 0.2) is 28.7 Å². The molecule has 17 heavy (non-hydrogen) atoms. The van der Waals surface area contributed by atoms with Gasteiger partial charge in [-0.3, -0.25) is 0 Å². The number of rotatable bonds is 5. The maximum Gasteiger partial charge on any atom is 0.0210 e. The second-order valence-electron chi connectivity index (χ2n) is 4.84. The maximum atomic E-state index is 3.65. The Morgan fingerprint density at radius 1 is 1.41 bits per heavy atom. The third-order valence-electron chi connectivity index (χ3n) is 3.58. The van der Waals surface area contributed by atoms with E-state index in [0.717, 1.165) is 23.8 Å². The van der Waals surface area contributed by atoms with Crippen molar-refractivity contribution in [1.29, 1.82) is 0 Å². The molecule has 0 heterocycles. The number of thioether (sulfide) groups is 1. The molecule has 1 aromatic rings. The number of benzene rings is 1. The molecule has 1 atom stereocenters. The van der Waals surface area contributed by atoms with Crippen molar-refractivity contribution in [2.24, 2.45) is 0 Å². The second-order valence-corrected chi connectivity index (χ2v) is 6.97. The third kappa shape index (κ3) is 3.49. The van der Waals surface area contributed by atoms with Crippen LogP contribution in [-0.2, 0) is 0 Å². The largest absolute Gasteiger partial charge is 0.313 e. The zero-order valence-electron chi connectivity index (χ0n) is 10.4. The minimum atomic E-state index is 0.720. The predicted molar refractivity (Wildman–Crippen MR) is 80.9 cm³/mol. The molecule has 0 aromatic heterocycles. The van der Waals surface area contributed by atoms with Crippen molar-refractivity contribution < 1.29 is 0 Å². The Labute approximate surface area is 117 Å². The lowest BCUT2D eigenvalue weighted by atomic mass is 9.76. The summed E-state index contributed by atoms with van der Waals surface area (Å²) in [7, 11) is 0. The number of hydrogen-bond donors (Lipinski definition) is 1. The number of halogens is 1. The van der Waals surface area contributed by atoms with Gasteiger partial charge < -0.3 is 5.32 Å². The average molecular weight is 314 g/mol. The molecular weight excluding hydrogens is 294 g/mol. The first-order chi connectivity index (χ1) is 8.20. The highest BCUT2D eigenvalue weighted by Crippen LogP contribution is 2.39. The standard InChI is InChI=1S/C14H20BrNS/c1-10(17-2)9-16-12-7-11(8-12)13-5-3-4-6-14(13)15/h3-6,10-12,16H,7-9H2,1-2H3. The monoisotopic (exact) mass is 313 g/mol. The Bertz CT molecular complexity index is 363. The van der Waals surface area contributed by atoms with E-state index in [1.54, 1.807) is 0 Å². The molecule has 1 aliphatic carbocycles. The molecule has 0 saturated heterocycles. The molecule has 3 heteroatoms. The predicted octanol–water partition coefficient (Wildman–Crippen LogP) is 4.04. The zero-order chi connectivity index (χ0) is 12.3. The molecule has 94 valence electrons. The Balaban J connectivity index is 1.77. The molecule has 1 aromatic carbocycles. The van der Waals surface area contributed by atoms with Gasteiger partial charge in [0.05, 0.1) is 0 Å². The molecule has 1 saturated carbocycles. The van der Waals surface area contributed by atoms with Gasteiger partial charge in [0.2, 0.25) is 0 Å². The minimum Gasteiger partial charge on any atom is -0.313 e. The quantitative estimate of drug-likeness (QED) is 0.880. The number of nitrogens with one attached hydrogen (secondary N) is 1. The van der Waals surface area contributed by atoms with Gasteiger partial charge in [-0.05, 0) is 36.6 Å². The first-order valence-corrected chi connectivity index (χ1v) is 8.29. The van der Waals surface area contributed by atoms with Gasteiger partial charge in [-0.2, -0.15) is 11.8 Å². The highest BCUT2D eigenvalue weighted by atomic mass is 79.9. The Hall–Kier alpha value is 0.01000. The van der Waals surface area contributed by atoms with E-state index in [4.69, 9.17) is 0 Å². The third-order valence-corrected chi connectivity index (χ3v) is 5.27. The van der Waals surface area contributed by atoms with E-state index in [1.165, 1.54) is 22.9 Å². The molecular formula is C14H20BrNS. The van der Waals surface area contributed by atoms with Crippen molar-refractivity contribution in [2.75, 3.05) is 12.8 Å². The van der Waals surface area contributed by atoms with Crippen LogP contribution >= 0.6 is 27.7 Å². The van der Waals surface area contributed by atoms with Gasteiger partial charge in [0, 0.05) is 22.3 Å². The highest BCUT2D eigenvalue weighted by molar-refractivity contribution is 9.10. The van der Waals surface area contributed by atoms with Crippen LogP contribution in [0.1, 0.15) is 31.2 Å². The fourth-order valence-electron chi connectivity index (χ4n) is 2.26. The van der Waals surface area contributed by atoms with Gasteiger partial charge in [-0.1, -0.05) is 41.1 Å². The van der Waals surface area contributed by atoms with Gasteiger partial charge in [-0.25, -0.2) is 0 Å². The van der Waals surface area contributed by atoms with Crippen LogP contribution in [0, 0.1) is 0 Å². The Morgan fingerprint density at radius 3 is 2.76 bits per heavy atom. The molecule has 1 aliphatic rings. The van der Waals surface area contributed by atoms with Crippen molar-refractivity contribution in [3.63, 3.8) is 0 Å². The first kappa shape index (κ1) is 13.4. The van der Waals surface area contributed by atoms with Gasteiger partial charge in [-0.15, -0.1) is 0 Å². The zero-order valence-corrected chi connectivity index (χ0v) is 12.9. The second kappa shape index (κ2) is 6.26. The summed E-state index contributed by atoms with van der Waals surface area (Å²) in [6.07, 6.45) is 4.74. The van der Waals surface area contributed by atoms with Crippen molar-refractivity contribution >= 4 is 27.7 Å². The van der Waals surface area contributed by atoms with Crippen LogP contribution in [0.2, 0.25) is 0 Å². The Kier molecular flexibility index (Phi) is 4.95. The van der Waals surface area contributed by atoms with Crippen LogP contribution in [0.5, 0.6) is 0 Å². The van der Waals surface area contributed by atoms with Crippen molar-refractivity contribution in [2.45, 2.75) is 37.0 Å². The molecule has 1 N–H and O–H groups in total. The van der Waals surface area contributed by atoms with Crippen molar-refractivity contribution in [1.82, 2.24) is 5.32 Å². The van der Waals surface area contributed by atoms with E-state index in [2.05, 4.69) is 58.7 Å². The molecule has 0 amide bonds. The van der Waals surface area contributed by atoms with Gasteiger partial charge in [0.15, 0.2) is 0 Å². The summed E-state index contributed by atoms with van der Waals surface area (Å²) in [4.78, 5) is 0. The van der Waals surface area contributed by atoms with Crippen LogP contribution in [0.4, 0.5) is 0 Å². The molecule has 0 bridgehead atoms. The highest BCUT2D eigenvalue weighted by Gasteiger charge is 2.30. The smallest absolute Gasteiger partial charge is 0.0210 e. The summed E-state index contributed by atoms with van der Waals surface area (Å²) in [6.45, 7) is 3.41. The van der Waals surface area contributed by atoms with Crippen LogP contribution in [-0.4, -0.2) is 24.1 Å². The summed E-state index contributed by atoms with van der Waals surface area (Å²) < 4.78 is 1.26. The lowest BCUT2D eigenvalue weighted by molar-refractivity contribution is 0.292. The van der Waals surface area contributed by atoms with Gasteiger partial charge >= 0.3 is 0 Å². The SMILES string of the molecule is CSC(C)CNC1CC(c2ccccc2Br)C1. The van der Waals surface area contributed by atoms with Crippen molar-refractivity contribution in [3.8, 4) is 0 Å². The lowest BCUT2D eigenvalue weighted by Gasteiger charge is -2.37. The summed E-state index contributed by atoms with van der Waals surface area (Å²) in [5, 5.41) is 4.37. The van der Waals surface area contributed by atoms with E-state index in [-0.39, 0.29) is 0 Å². The number of hydrogen-bond acceptors (Lipinski definition) is 2. The normalized spacial score (nSPS) is 25.4. The van der Waals surface area contributed by atoms with Gasteiger partial charge in [0.1, 0.15) is 0 Å². The molecule has 0 aliphatic heterocycles. The van der Waals surface area contributed by atoms with E-state index in [9.17, 15) is 0 Å². The maximum absolute atomic E-state index is 3.65. The molecule has 1 unspecified atom stereocenters. The van der Waals surface area contributed by atoms with Crippen LogP contribution in [0.25, 0.3) is 0 Å². The molecule has 1 fully saturated rings. The lowest BCUT2D eigenvalue weighted by Crippen LogP contribution is -2.42. The van der Waals surface area contributed by atoms with E-state index in [1.807, 2.05) is 11.8 Å². The summed E-state index contributed by atoms with van der Waals surface area (Å²) in [5.41, 5.74) is 1.48. The van der Waals surface area contributed by atoms with E-state index in [0.29, 0.717) is 0 Å². The fourth-order valence-corrected chi connectivity index (χ4v) is 3.13.